The number of aromatic nitrogens is 4. The Kier molecular flexibility index (Phi) is 4.51. The van der Waals surface area contributed by atoms with Gasteiger partial charge in [0, 0.05) is 43.2 Å². The molecule has 1 amide bonds. The standard InChI is InChI=1S/C17H23N5O2/c1-17(2,3)24-16(23)22-8-4-5-12(11-22)14-15(19-7-6-18-14)13-9-20-21-10-13/h6-7,9-10,12H,4-5,8,11H2,1-3H3,(H,20,21)/t12-/m0/s1. The molecule has 1 atom stereocenters. The number of hydrogen-bond donors (Lipinski definition) is 1. The number of piperidine rings is 1. The van der Waals surface area contributed by atoms with E-state index in [1.54, 1.807) is 23.5 Å². The minimum absolute atomic E-state index is 0.143. The second kappa shape index (κ2) is 6.59. The lowest BCUT2D eigenvalue weighted by Gasteiger charge is -2.34. The zero-order valence-electron chi connectivity index (χ0n) is 14.3. The molecule has 7 nitrogen and oxygen atoms in total. The summed E-state index contributed by atoms with van der Waals surface area (Å²) < 4.78 is 5.50. The Bertz CT molecular complexity index is 693. The molecule has 1 saturated heterocycles. The maximum atomic E-state index is 12.4. The molecule has 1 aliphatic heterocycles. The van der Waals surface area contributed by atoms with Crippen molar-refractivity contribution in [3.05, 3.63) is 30.5 Å². The smallest absolute Gasteiger partial charge is 0.410 e. The van der Waals surface area contributed by atoms with Crippen molar-refractivity contribution in [3.63, 3.8) is 0 Å². The summed E-state index contributed by atoms with van der Waals surface area (Å²) in [7, 11) is 0. The van der Waals surface area contributed by atoms with Gasteiger partial charge in [-0.1, -0.05) is 0 Å². The summed E-state index contributed by atoms with van der Waals surface area (Å²) in [5.41, 5.74) is 2.15. The number of rotatable bonds is 2. The van der Waals surface area contributed by atoms with Gasteiger partial charge in [-0.15, -0.1) is 0 Å². The quantitative estimate of drug-likeness (QED) is 0.915. The Hall–Kier alpha value is -2.44. The molecule has 0 aromatic carbocycles. The van der Waals surface area contributed by atoms with Crippen molar-refractivity contribution in [1.82, 2.24) is 25.1 Å². The Labute approximate surface area is 141 Å². The average molecular weight is 329 g/mol. The number of nitrogens with one attached hydrogen (secondary N) is 1. The van der Waals surface area contributed by atoms with E-state index in [9.17, 15) is 4.79 Å². The fourth-order valence-electron chi connectivity index (χ4n) is 2.94. The van der Waals surface area contributed by atoms with Gasteiger partial charge in [-0.05, 0) is 33.6 Å². The number of carbonyl (C=O) groups excluding carboxylic acids is 1. The van der Waals surface area contributed by atoms with Gasteiger partial charge in [-0.25, -0.2) is 4.79 Å². The predicted molar refractivity (Wildman–Crippen MR) is 89.4 cm³/mol. The minimum Gasteiger partial charge on any atom is -0.444 e. The number of likely N-dealkylation sites (tertiary alicyclic amines) is 1. The molecule has 7 heteroatoms. The van der Waals surface area contributed by atoms with Crippen LogP contribution < -0.4 is 0 Å². The van der Waals surface area contributed by atoms with Crippen LogP contribution >= 0.6 is 0 Å². The highest BCUT2D eigenvalue weighted by atomic mass is 16.6. The van der Waals surface area contributed by atoms with E-state index >= 15 is 0 Å². The summed E-state index contributed by atoms with van der Waals surface area (Å²) >= 11 is 0. The summed E-state index contributed by atoms with van der Waals surface area (Å²) in [6.45, 7) is 6.95. The number of ether oxygens (including phenoxy) is 1. The first kappa shape index (κ1) is 16.4. The Morgan fingerprint density at radius 3 is 2.83 bits per heavy atom. The molecule has 0 bridgehead atoms. The van der Waals surface area contributed by atoms with E-state index in [2.05, 4.69) is 20.2 Å². The first-order chi connectivity index (χ1) is 11.4. The van der Waals surface area contributed by atoms with Crippen LogP contribution in [-0.4, -0.2) is 49.8 Å². The molecule has 1 fully saturated rings. The van der Waals surface area contributed by atoms with Gasteiger partial charge < -0.3 is 9.64 Å². The highest BCUT2D eigenvalue weighted by Gasteiger charge is 2.30. The molecule has 0 radical (unpaired) electrons. The topological polar surface area (TPSA) is 84.0 Å². The number of nitrogens with zero attached hydrogens (tertiary/aromatic N) is 4. The van der Waals surface area contributed by atoms with Gasteiger partial charge in [0.25, 0.3) is 0 Å². The van der Waals surface area contributed by atoms with Gasteiger partial charge >= 0.3 is 6.09 Å². The van der Waals surface area contributed by atoms with E-state index in [-0.39, 0.29) is 12.0 Å². The number of hydrogen-bond acceptors (Lipinski definition) is 5. The number of amides is 1. The fraction of sp³-hybridized carbons (Fsp3) is 0.529. The summed E-state index contributed by atoms with van der Waals surface area (Å²) in [5.74, 6) is 0.143. The third-order valence-corrected chi connectivity index (χ3v) is 3.96. The lowest BCUT2D eigenvalue weighted by molar-refractivity contribution is 0.0197. The average Bonchev–Trinajstić information content (AvgIpc) is 3.08. The first-order valence-electron chi connectivity index (χ1n) is 8.22. The minimum atomic E-state index is -0.488. The third-order valence-electron chi connectivity index (χ3n) is 3.96. The first-order valence-corrected chi connectivity index (χ1v) is 8.22. The molecule has 0 spiro atoms. The largest absolute Gasteiger partial charge is 0.444 e. The van der Waals surface area contributed by atoms with Gasteiger partial charge in [0.2, 0.25) is 0 Å². The molecule has 128 valence electrons. The van der Waals surface area contributed by atoms with E-state index in [1.807, 2.05) is 27.0 Å². The zero-order chi connectivity index (χ0) is 17.2. The van der Waals surface area contributed by atoms with E-state index in [0.717, 1.165) is 29.8 Å². The maximum absolute atomic E-state index is 12.4. The van der Waals surface area contributed by atoms with Crippen LogP contribution in [0.2, 0.25) is 0 Å². The SMILES string of the molecule is CC(C)(C)OC(=O)N1CCC[C@H](c2nccnc2-c2cn[nH]c2)C1. The second-order valence-electron chi connectivity index (χ2n) is 7.04. The summed E-state index contributed by atoms with van der Waals surface area (Å²) in [6.07, 6.45) is 8.56. The molecule has 2 aromatic rings. The fourth-order valence-corrected chi connectivity index (χ4v) is 2.94. The van der Waals surface area contributed by atoms with Crippen molar-refractivity contribution >= 4 is 6.09 Å². The molecular weight excluding hydrogens is 306 g/mol. The summed E-state index contributed by atoms with van der Waals surface area (Å²) in [4.78, 5) is 23.1. The zero-order valence-corrected chi connectivity index (χ0v) is 14.3. The molecule has 3 rings (SSSR count). The lowest BCUT2D eigenvalue weighted by atomic mass is 9.92. The lowest BCUT2D eigenvalue weighted by Crippen LogP contribution is -2.42. The molecule has 1 N–H and O–H groups in total. The van der Waals surface area contributed by atoms with Gasteiger partial charge in [0.15, 0.2) is 0 Å². The van der Waals surface area contributed by atoms with Crippen molar-refractivity contribution in [2.45, 2.75) is 45.1 Å². The summed E-state index contributed by atoms with van der Waals surface area (Å²) in [6, 6.07) is 0. The summed E-state index contributed by atoms with van der Waals surface area (Å²) in [5, 5.41) is 6.80. The predicted octanol–water partition coefficient (Wildman–Crippen LogP) is 2.98. The molecule has 0 unspecified atom stereocenters. The molecule has 24 heavy (non-hydrogen) atoms. The van der Waals surface area contributed by atoms with Crippen molar-refractivity contribution in [3.8, 4) is 11.3 Å². The van der Waals surface area contributed by atoms with Gasteiger partial charge in [0.05, 0.1) is 17.6 Å². The molecular formula is C17H23N5O2. The van der Waals surface area contributed by atoms with Crippen molar-refractivity contribution in [2.75, 3.05) is 13.1 Å². The molecule has 1 aliphatic rings. The van der Waals surface area contributed by atoms with Crippen LogP contribution in [0.15, 0.2) is 24.8 Å². The van der Waals surface area contributed by atoms with Crippen LogP contribution in [0.1, 0.15) is 45.2 Å². The van der Waals surface area contributed by atoms with E-state index in [4.69, 9.17) is 4.74 Å². The molecule has 3 heterocycles. The third kappa shape index (κ3) is 3.72. The van der Waals surface area contributed by atoms with Crippen LogP contribution in [0.4, 0.5) is 4.79 Å². The highest BCUT2D eigenvalue weighted by molar-refractivity contribution is 5.68. The van der Waals surface area contributed by atoms with Crippen LogP contribution in [0, 0.1) is 0 Å². The Balaban J connectivity index is 1.80. The van der Waals surface area contributed by atoms with Crippen LogP contribution in [0.5, 0.6) is 0 Å². The van der Waals surface area contributed by atoms with Gasteiger partial charge in [0.1, 0.15) is 5.60 Å². The molecule has 0 saturated carbocycles. The number of aromatic amines is 1. The second-order valence-corrected chi connectivity index (χ2v) is 7.04. The van der Waals surface area contributed by atoms with Gasteiger partial charge in [-0.2, -0.15) is 5.10 Å². The van der Waals surface area contributed by atoms with E-state index in [1.165, 1.54) is 0 Å². The van der Waals surface area contributed by atoms with E-state index in [0.29, 0.717) is 13.1 Å². The van der Waals surface area contributed by atoms with Crippen molar-refractivity contribution in [1.29, 1.82) is 0 Å². The maximum Gasteiger partial charge on any atom is 0.410 e. The van der Waals surface area contributed by atoms with Crippen LogP contribution in [-0.2, 0) is 4.74 Å². The van der Waals surface area contributed by atoms with Crippen molar-refractivity contribution in [2.24, 2.45) is 0 Å². The molecule has 0 aliphatic carbocycles. The van der Waals surface area contributed by atoms with Crippen molar-refractivity contribution < 1.29 is 9.53 Å². The van der Waals surface area contributed by atoms with Crippen LogP contribution in [0.3, 0.4) is 0 Å². The van der Waals surface area contributed by atoms with Crippen LogP contribution in [0.25, 0.3) is 11.3 Å². The normalized spacial score (nSPS) is 18.5. The molecule has 2 aromatic heterocycles. The Morgan fingerprint density at radius 1 is 1.33 bits per heavy atom. The van der Waals surface area contributed by atoms with Gasteiger partial charge in [-0.3, -0.25) is 15.1 Å². The Morgan fingerprint density at radius 2 is 2.12 bits per heavy atom. The number of H-pyrrole nitrogens is 1. The number of carbonyl (C=O) groups is 1. The highest BCUT2D eigenvalue weighted by Crippen LogP contribution is 2.31. The van der Waals surface area contributed by atoms with E-state index < -0.39 is 5.60 Å². The monoisotopic (exact) mass is 329 g/mol.